The number of nitrogens with zero attached hydrogens (tertiary/aromatic N) is 1. The van der Waals surface area contributed by atoms with Crippen LogP contribution in [-0.2, 0) is 14.3 Å². The lowest BCUT2D eigenvalue weighted by Crippen LogP contribution is -2.39. The molecule has 0 aliphatic heterocycles. The Morgan fingerprint density at radius 1 is 1.32 bits per heavy atom. The van der Waals surface area contributed by atoms with Gasteiger partial charge in [0.05, 0.1) is 19.2 Å². The fourth-order valence-electron chi connectivity index (χ4n) is 1.49. The first-order chi connectivity index (χ1) is 10.4. The summed E-state index contributed by atoms with van der Waals surface area (Å²) < 4.78 is 23.2. The highest BCUT2D eigenvalue weighted by molar-refractivity contribution is 5.92. The number of nitrogens with one attached hydrogen (secondary N) is 1. The van der Waals surface area contributed by atoms with Crippen LogP contribution in [-0.4, -0.2) is 57.0 Å². The van der Waals surface area contributed by atoms with Crippen LogP contribution in [0.3, 0.4) is 0 Å². The van der Waals surface area contributed by atoms with E-state index in [9.17, 15) is 18.8 Å². The molecule has 0 saturated heterocycles. The SMILES string of the molecule is CNC(=O)CN(C)C(=O)COC(=O)c1ccc(OC)cc1F. The molecule has 0 atom stereocenters. The molecule has 0 aliphatic rings. The van der Waals surface area contributed by atoms with E-state index in [1.807, 2.05) is 0 Å². The molecule has 1 aromatic carbocycles. The molecule has 1 N–H and O–H groups in total. The molecule has 0 bridgehead atoms. The van der Waals surface area contributed by atoms with Gasteiger partial charge in [0.2, 0.25) is 5.91 Å². The van der Waals surface area contributed by atoms with Crippen molar-refractivity contribution in [3.05, 3.63) is 29.6 Å². The molecule has 0 unspecified atom stereocenters. The monoisotopic (exact) mass is 312 g/mol. The van der Waals surface area contributed by atoms with Gasteiger partial charge in [-0.3, -0.25) is 9.59 Å². The summed E-state index contributed by atoms with van der Waals surface area (Å²) in [6, 6.07) is 3.64. The van der Waals surface area contributed by atoms with Crippen molar-refractivity contribution in [2.24, 2.45) is 0 Å². The maximum Gasteiger partial charge on any atom is 0.341 e. The average molecular weight is 312 g/mol. The van der Waals surface area contributed by atoms with Crippen LogP contribution in [0.2, 0.25) is 0 Å². The molecule has 0 heterocycles. The molecule has 0 saturated carbocycles. The van der Waals surface area contributed by atoms with Crippen LogP contribution in [0.5, 0.6) is 5.75 Å². The van der Waals surface area contributed by atoms with Crippen molar-refractivity contribution in [3.63, 3.8) is 0 Å². The summed E-state index contributed by atoms with van der Waals surface area (Å²) in [6.45, 7) is -0.748. The number of ether oxygens (including phenoxy) is 2. The number of hydrogen-bond acceptors (Lipinski definition) is 5. The van der Waals surface area contributed by atoms with Gasteiger partial charge in [-0.15, -0.1) is 0 Å². The van der Waals surface area contributed by atoms with Gasteiger partial charge in [0.15, 0.2) is 6.61 Å². The Bertz CT molecular complexity index is 576. The van der Waals surface area contributed by atoms with E-state index in [1.165, 1.54) is 33.3 Å². The van der Waals surface area contributed by atoms with E-state index >= 15 is 0 Å². The summed E-state index contributed by atoms with van der Waals surface area (Å²) in [7, 11) is 4.19. The van der Waals surface area contributed by atoms with Crippen molar-refractivity contribution >= 4 is 17.8 Å². The van der Waals surface area contributed by atoms with Gasteiger partial charge in [-0.1, -0.05) is 0 Å². The number of carbonyl (C=O) groups excluding carboxylic acids is 3. The van der Waals surface area contributed by atoms with Gasteiger partial charge in [-0.2, -0.15) is 0 Å². The number of esters is 1. The Labute approximate surface area is 127 Å². The van der Waals surface area contributed by atoms with E-state index < -0.39 is 24.3 Å². The zero-order valence-electron chi connectivity index (χ0n) is 12.5. The van der Waals surface area contributed by atoms with Crippen LogP contribution in [0.1, 0.15) is 10.4 Å². The molecule has 1 aromatic rings. The smallest absolute Gasteiger partial charge is 0.341 e. The van der Waals surface area contributed by atoms with Crippen LogP contribution in [0, 0.1) is 5.82 Å². The fraction of sp³-hybridized carbons (Fsp3) is 0.357. The van der Waals surface area contributed by atoms with E-state index in [4.69, 9.17) is 9.47 Å². The lowest BCUT2D eigenvalue weighted by atomic mass is 10.2. The van der Waals surface area contributed by atoms with E-state index in [2.05, 4.69) is 5.32 Å². The Kier molecular flexibility index (Phi) is 6.30. The predicted molar refractivity (Wildman–Crippen MR) is 74.9 cm³/mol. The number of benzene rings is 1. The molecular formula is C14H17FN2O5. The highest BCUT2D eigenvalue weighted by Crippen LogP contribution is 2.16. The number of rotatable bonds is 6. The summed E-state index contributed by atoms with van der Waals surface area (Å²) in [6.07, 6.45) is 0. The topological polar surface area (TPSA) is 84.9 Å². The number of likely N-dealkylation sites (N-methyl/N-ethyl adjacent to an activating group) is 2. The molecule has 120 valence electrons. The van der Waals surface area contributed by atoms with Crippen molar-refractivity contribution in [1.82, 2.24) is 10.2 Å². The van der Waals surface area contributed by atoms with Crippen molar-refractivity contribution in [2.45, 2.75) is 0 Å². The third-order valence-electron chi connectivity index (χ3n) is 2.81. The van der Waals surface area contributed by atoms with Crippen molar-refractivity contribution in [2.75, 3.05) is 34.4 Å². The van der Waals surface area contributed by atoms with E-state index in [0.29, 0.717) is 0 Å². The van der Waals surface area contributed by atoms with Gasteiger partial charge < -0.3 is 19.7 Å². The second-order valence-corrected chi connectivity index (χ2v) is 4.34. The number of methoxy groups -OCH3 is 1. The number of amides is 2. The third-order valence-corrected chi connectivity index (χ3v) is 2.81. The summed E-state index contributed by atoms with van der Waals surface area (Å²) in [4.78, 5) is 35.6. The van der Waals surface area contributed by atoms with Gasteiger partial charge >= 0.3 is 5.97 Å². The number of carbonyl (C=O) groups is 3. The number of hydrogen-bond donors (Lipinski definition) is 1. The molecule has 0 aromatic heterocycles. The summed E-state index contributed by atoms with van der Waals surface area (Å²) in [5.74, 6) is -2.46. The Hall–Kier alpha value is -2.64. The van der Waals surface area contributed by atoms with E-state index in [-0.39, 0.29) is 23.8 Å². The van der Waals surface area contributed by atoms with Gasteiger partial charge in [-0.25, -0.2) is 9.18 Å². The first-order valence-corrected chi connectivity index (χ1v) is 6.34. The summed E-state index contributed by atoms with van der Waals surface area (Å²) in [5, 5.41) is 2.36. The normalized spacial score (nSPS) is 9.82. The number of halogens is 1. The predicted octanol–water partition coefficient (Wildman–Crippen LogP) is 0.196. The average Bonchev–Trinajstić information content (AvgIpc) is 2.51. The molecule has 2 amide bonds. The quantitative estimate of drug-likeness (QED) is 0.758. The van der Waals surface area contributed by atoms with Crippen molar-refractivity contribution in [1.29, 1.82) is 0 Å². The van der Waals surface area contributed by atoms with Crippen LogP contribution >= 0.6 is 0 Å². The molecule has 8 heteroatoms. The minimum Gasteiger partial charge on any atom is -0.497 e. The van der Waals surface area contributed by atoms with Gasteiger partial charge in [-0.05, 0) is 12.1 Å². The van der Waals surface area contributed by atoms with Gasteiger partial charge in [0, 0.05) is 20.2 Å². The molecule has 0 radical (unpaired) electrons. The highest BCUT2D eigenvalue weighted by atomic mass is 19.1. The van der Waals surface area contributed by atoms with Crippen LogP contribution < -0.4 is 10.1 Å². The zero-order valence-corrected chi connectivity index (χ0v) is 12.5. The van der Waals surface area contributed by atoms with E-state index in [1.54, 1.807) is 0 Å². The zero-order chi connectivity index (χ0) is 16.7. The maximum atomic E-state index is 13.7. The standard InChI is InChI=1S/C14H17FN2O5/c1-16-12(18)7-17(2)13(19)8-22-14(20)10-5-4-9(21-3)6-11(10)15/h4-6H,7-8H2,1-3H3,(H,16,18). The second kappa shape index (κ2) is 7.96. The van der Waals surface area contributed by atoms with Crippen molar-refractivity contribution < 1.29 is 28.2 Å². The molecule has 22 heavy (non-hydrogen) atoms. The maximum absolute atomic E-state index is 13.7. The van der Waals surface area contributed by atoms with Crippen molar-refractivity contribution in [3.8, 4) is 5.75 Å². The highest BCUT2D eigenvalue weighted by Gasteiger charge is 2.18. The van der Waals surface area contributed by atoms with Crippen LogP contribution in [0.25, 0.3) is 0 Å². The van der Waals surface area contributed by atoms with Gasteiger partial charge in [0.1, 0.15) is 11.6 Å². The fourth-order valence-corrected chi connectivity index (χ4v) is 1.49. The Balaban J connectivity index is 2.59. The molecular weight excluding hydrogens is 295 g/mol. The molecule has 7 nitrogen and oxygen atoms in total. The second-order valence-electron chi connectivity index (χ2n) is 4.34. The van der Waals surface area contributed by atoms with Gasteiger partial charge in [0.25, 0.3) is 5.91 Å². The molecule has 0 aliphatic carbocycles. The van der Waals surface area contributed by atoms with E-state index in [0.717, 1.165) is 11.0 Å². The Morgan fingerprint density at radius 2 is 2.00 bits per heavy atom. The largest absolute Gasteiger partial charge is 0.497 e. The minimum absolute atomic E-state index is 0.163. The minimum atomic E-state index is -0.971. The lowest BCUT2D eigenvalue weighted by molar-refractivity contribution is -0.137. The molecule has 1 rings (SSSR count). The summed E-state index contributed by atoms with van der Waals surface area (Å²) >= 11 is 0. The van der Waals surface area contributed by atoms with Crippen LogP contribution in [0.15, 0.2) is 18.2 Å². The Morgan fingerprint density at radius 3 is 2.55 bits per heavy atom. The third kappa shape index (κ3) is 4.72. The lowest BCUT2D eigenvalue weighted by Gasteiger charge is -2.16. The molecule has 0 spiro atoms. The summed E-state index contributed by atoms with van der Waals surface area (Å²) in [5.41, 5.74) is -0.303. The molecule has 0 fully saturated rings. The first-order valence-electron chi connectivity index (χ1n) is 6.34. The van der Waals surface area contributed by atoms with Crippen LogP contribution in [0.4, 0.5) is 4.39 Å². The first kappa shape index (κ1) is 17.4.